The van der Waals surface area contributed by atoms with Gasteiger partial charge in [-0.1, -0.05) is 214 Å². The van der Waals surface area contributed by atoms with Crippen LogP contribution in [0, 0.1) is 15.3 Å². The van der Waals surface area contributed by atoms with Crippen LogP contribution in [0.2, 0.25) is 0 Å². The fourth-order valence-electron chi connectivity index (χ4n) is 7.88. The van der Waals surface area contributed by atoms with Crippen LogP contribution in [0.1, 0.15) is 265 Å². The van der Waals surface area contributed by atoms with Crippen LogP contribution in [-0.2, 0) is 0 Å². The summed E-state index contributed by atoms with van der Waals surface area (Å²) in [5.74, 6) is 0. The van der Waals surface area contributed by atoms with Crippen molar-refractivity contribution in [2.75, 3.05) is 26.2 Å². The van der Waals surface area contributed by atoms with Crippen molar-refractivity contribution in [3.63, 3.8) is 0 Å². The molecule has 0 amide bonds. The number of quaternary nitrogens is 1. The van der Waals surface area contributed by atoms with E-state index in [0.29, 0.717) is 0 Å². The van der Waals surface area contributed by atoms with Gasteiger partial charge < -0.3 is 19.8 Å². The van der Waals surface area contributed by atoms with Gasteiger partial charge in [0.2, 0.25) is 0 Å². The maximum Gasteiger partial charge on any atom is 0.0786 e. The smallest absolute Gasteiger partial charge is 0.0786 e. The van der Waals surface area contributed by atoms with E-state index in [1.54, 1.807) is 0 Å². The summed E-state index contributed by atoms with van der Waals surface area (Å²) in [5, 5.41) is 14.8. The molecule has 0 heterocycles. The fourth-order valence-corrected chi connectivity index (χ4v) is 7.88. The first-order valence-electron chi connectivity index (χ1n) is 23.1. The van der Waals surface area contributed by atoms with Crippen molar-refractivity contribution in [3.8, 4) is 0 Å². The van der Waals surface area contributed by atoms with Gasteiger partial charge in [-0.05, 0) is 51.4 Å². The molecule has 5 nitrogen and oxygen atoms in total. The third kappa shape index (κ3) is 43.3. The summed E-state index contributed by atoms with van der Waals surface area (Å²) in [5.41, 5.74) is 0. The zero-order chi connectivity index (χ0) is 37.1. The normalized spacial score (nSPS) is 11.5. The van der Waals surface area contributed by atoms with Crippen LogP contribution in [0.15, 0.2) is 0 Å². The Hall–Kier alpha value is -0.840. The van der Waals surface area contributed by atoms with Gasteiger partial charge in [0, 0.05) is 0 Å². The zero-order valence-electron chi connectivity index (χ0n) is 35.1. The van der Waals surface area contributed by atoms with E-state index in [0.717, 1.165) is 0 Å². The first-order chi connectivity index (χ1) is 24.5. The molecule has 0 aromatic rings. The molecule has 0 unspecified atom stereocenters. The Kier molecular flexibility index (Phi) is 45.4. The molecule has 50 heavy (non-hydrogen) atoms. The predicted octanol–water partition coefficient (Wildman–Crippen LogP) is 16.1. The number of unbranched alkanes of at least 4 members (excludes halogenated alkanes) is 33. The lowest BCUT2D eigenvalue weighted by Crippen LogP contribution is -2.50. The lowest BCUT2D eigenvalue weighted by atomic mass is 10.0. The van der Waals surface area contributed by atoms with Crippen molar-refractivity contribution >= 4 is 0 Å². The van der Waals surface area contributed by atoms with Crippen molar-refractivity contribution in [1.29, 1.82) is 0 Å². The molecule has 0 rings (SSSR count). The predicted molar refractivity (Wildman–Crippen MR) is 224 cm³/mol. The number of nitrogens with zero attached hydrogens (tertiary/aromatic N) is 2. The Morgan fingerprint density at radius 2 is 0.400 bits per heavy atom. The minimum atomic E-state index is -1.75. The molecule has 0 saturated carbocycles. The largest absolute Gasteiger partial charge is 0.356 e. The summed E-state index contributed by atoms with van der Waals surface area (Å²) < 4.78 is 1.48. The minimum Gasteiger partial charge on any atom is -0.356 e. The molecule has 0 spiro atoms. The highest BCUT2D eigenvalue weighted by molar-refractivity contribution is 4.56. The van der Waals surface area contributed by atoms with Gasteiger partial charge in [0.15, 0.2) is 0 Å². The molecule has 0 aromatic heterocycles. The van der Waals surface area contributed by atoms with E-state index in [9.17, 15) is 0 Å². The standard InChI is InChI=1S/C45H94N.NO3/c1-5-9-13-17-21-22-23-24-25-26-27-28-29-33-37-41-45-46(42-38-34-30-18-14-10-6-2,43-39-35-31-19-15-11-7-3)44-40-36-32-20-16-12-8-4;2-1(3)4/h5-45H2,1-4H3;/q+1;-1. The quantitative estimate of drug-likeness (QED) is 0.0274. The van der Waals surface area contributed by atoms with Crippen LogP contribution in [0.25, 0.3) is 0 Å². The van der Waals surface area contributed by atoms with Crippen molar-refractivity contribution in [1.82, 2.24) is 0 Å². The van der Waals surface area contributed by atoms with Gasteiger partial charge in [-0.2, -0.15) is 0 Å². The van der Waals surface area contributed by atoms with Gasteiger partial charge in [0.1, 0.15) is 0 Å². The second-order valence-corrected chi connectivity index (χ2v) is 16.1. The molecule has 0 atom stereocenters. The Bertz CT molecular complexity index is 580. The highest BCUT2D eigenvalue weighted by Crippen LogP contribution is 2.21. The Morgan fingerprint density at radius 3 is 0.540 bits per heavy atom. The van der Waals surface area contributed by atoms with E-state index >= 15 is 0 Å². The molecule has 0 radical (unpaired) electrons. The van der Waals surface area contributed by atoms with Gasteiger partial charge in [0.05, 0.1) is 31.3 Å². The zero-order valence-corrected chi connectivity index (χ0v) is 35.1. The molecular formula is C45H94N2O3. The molecule has 0 aliphatic carbocycles. The van der Waals surface area contributed by atoms with Crippen LogP contribution in [0.3, 0.4) is 0 Å². The lowest BCUT2D eigenvalue weighted by Gasteiger charge is -2.40. The number of hydrogen-bond donors (Lipinski definition) is 0. The molecular weight excluding hydrogens is 617 g/mol. The monoisotopic (exact) mass is 711 g/mol. The van der Waals surface area contributed by atoms with Gasteiger partial charge in [0.25, 0.3) is 0 Å². The third-order valence-electron chi connectivity index (χ3n) is 11.2. The highest BCUT2D eigenvalue weighted by atomic mass is 16.9. The molecule has 0 N–H and O–H groups in total. The van der Waals surface area contributed by atoms with E-state index in [1.807, 2.05) is 0 Å². The topological polar surface area (TPSA) is 66.2 Å². The molecule has 0 aliphatic heterocycles. The van der Waals surface area contributed by atoms with E-state index in [2.05, 4.69) is 27.7 Å². The van der Waals surface area contributed by atoms with E-state index in [4.69, 9.17) is 15.3 Å². The Labute approximate surface area is 315 Å². The Balaban J connectivity index is 0. The second kappa shape index (κ2) is 44.3. The van der Waals surface area contributed by atoms with Crippen molar-refractivity contribution in [3.05, 3.63) is 15.3 Å². The number of hydrogen-bond acceptors (Lipinski definition) is 3. The van der Waals surface area contributed by atoms with Crippen LogP contribution >= 0.6 is 0 Å². The van der Waals surface area contributed by atoms with Gasteiger partial charge in [-0.25, -0.2) is 0 Å². The van der Waals surface area contributed by atoms with E-state index in [1.165, 1.54) is 268 Å². The lowest BCUT2D eigenvalue weighted by molar-refractivity contribution is -0.929. The summed E-state index contributed by atoms with van der Waals surface area (Å²) >= 11 is 0. The maximum absolute atomic E-state index is 8.25. The average molecular weight is 711 g/mol. The Morgan fingerprint density at radius 1 is 0.280 bits per heavy atom. The first-order valence-corrected chi connectivity index (χ1v) is 23.1. The summed E-state index contributed by atoms with van der Waals surface area (Å²) in [6.07, 6.45) is 54.2. The van der Waals surface area contributed by atoms with Gasteiger partial charge in [-0.3, -0.25) is 0 Å². The molecule has 5 heteroatoms. The second-order valence-electron chi connectivity index (χ2n) is 16.1. The van der Waals surface area contributed by atoms with Crippen LogP contribution < -0.4 is 0 Å². The van der Waals surface area contributed by atoms with Gasteiger partial charge in [-0.15, -0.1) is 0 Å². The van der Waals surface area contributed by atoms with Crippen LogP contribution in [0.4, 0.5) is 0 Å². The van der Waals surface area contributed by atoms with Crippen LogP contribution in [0.5, 0.6) is 0 Å². The molecule has 0 aromatic carbocycles. The van der Waals surface area contributed by atoms with E-state index in [-0.39, 0.29) is 0 Å². The third-order valence-corrected chi connectivity index (χ3v) is 11.2. The minimum absolute atomic E-state index is 1.37. The molecule has 0 saturated heterocycles. The molecule has 0 fully saturated rings. The van der Waals surface area contributed by atoms with Gasteiger partial charge >= 0.3 is 0 Å². The molecule has 0 aliphatic rings. The van der Waals surface area contributed by atoms with Crippen molar-refractivity contribution in [2.24, 2.45) is 0 Å². The summed E-state index contributed by atoms with van der Waals surface area (Å²) in [4.78, 5) is 8.25. The summed E-state index contributed by atoms with van der Waals surface area (Å²) in [6, 6.07) is 0. The van der Waals surface area contributed by atoms with Crippen LogP contribution in [-0.4, -0.2) is 35.7 Å². The number of rotatable bonds is 41. The SMILES string of the molecule is CCCCCCCCCCCCCCCCCC[N+](CCCCCCCCC)(CCCCCCCCC)CCCCCCCCC.O=[N+]([O-])[O-]. The van der Waals surface area contributed by atoms with Crippen molar-refractivity contribution < 1.29 is 9.57 Å². The van der Waals surface area contributed by atoms with Crippen molar-refractivity contribution in [2.45, 2.75) is 265 Å². The fraction of sp³-hybridized carbons (Fsp3) is 1.00. The highest BCUT2D eigenvalue weighted by Gasteiger charge is 2.25. The average Bonchev–Trinajstić information content (AvgIpc) is 3.10. The maximum atomic E-state index is 8.25. The first kappa shape index (κ1) is 51.3. The molecule has 302 valence electrons. The molecule has 0 bridgehead atoms. The summed E-state index contributed by atoms with van der Waals surface area (Å²) in [6.45, 7) is 15.3. The summed E-state index contributed by atoms with van der Waals surface area (Å²) in [7, 11) is 0. The van der Waals surface area contributed by atoms with E-state index < -0.39 is 5.09 Å².